The van der Waals surface area contributed by atoms with Gasteiger partial charge in [0.2, 0.25) is 5.13 Å². The zero-order chi connectivity index (χ0) is 15.5. The molecule has 1 aromatic carbocycles. The van der Waals surface area contributed by atoms with E-state index < -0.39 is 0 Å². The van der Waals surface area contributed by atoms with Crippen LogP contribution in [0.5, 0.6) is 0 Å². The zero-order valence-corrected chi connectivity index (χ0v) is 14.6. The fraction of sp³-hybridized carbons (Fsp3) is 0.467. The number of hydrogen-bond donors (Lipinski definition) is 0. The van der Waals surface area contributed by atoms with Gasteiger partial charge < -0.3 is 9.64 Å². The number of anilines is 1. The summed E-state index contributed by atoms with van der Waals surface area (Å²) in [5.74, 6) is 0. The monoisotopic (exact) mass is 357 g/mol. The lowest BCUT2D eigenvalue weighted by Gasteiger charge is -2.31. The number of hydrogen-bond acceptors (Lipinski definition) is 5. The Hall–Kier alpha value is -0.880. The lowest BCUT2D eigenvalue weighted by Crippen LogP contribution is -2.36. The van der Waals surface area contributed by atoms with Crippen molar-refractivity contribution < 1.29 is 4.74 Å². The number of rotatable bonds is 4. The van der Waals surface area contributed by atoms with Crippen LogP contribution in [-0.4, -0.2) is 29.4 Å². The van der Waals surface area contributed by atoms with Crippen LogP contribution in [0.3, 0.4) is 0 Å². The Bertz CT molecular complexity index is 641. The molecule has 0 saturated carbocycles. The largest absolute Gasteiger partial charge is 0.373 e. The topological polar surface area (TPSA) is 38.2 Å². The molecule has 0 unspecified atom stereocenters. The van der Waals surface area contributed by atoms with E-state index in [4.69, 9.17) is 27.9 Å². The maximum absolute atomic E-state index is 6.02. The van der Waals surface area contributed by atoms with Crippen molar-refractivity contribution in [3.63, 3.8) is 0 Å². The van der Waals surface area contributed by atoms with E-state index >= 15 is 0 Å². The molecule has 4 nitrogen and oxygen atoms in total. The Morgan fingerprint density at radius 3 is 2.64 bits per heavy atom. The first-order valence-corrected chi connectivity index (χ1v) is 8.79. The molecule has 118 valence electrons. The summed E-state index contributed by atoms with van der Waals surface area (Å²) in [6.45, 7) is 4.47. The van der Waals surface area contributed by atoms with E-state index in [-0.39, 0.29) is 6.10 Å². The smallest absolute Gasteiger partial charge is 0.208 e. The third-order valence-electron chi connectivity index (χ3n) is 3.70. The summed E-state index contributed by atoms with van der Waals surface area (Å²) in [5.41, 5.74) is 1.05. The maximum Gasteiger partial charge on any atom is 0.208 e. The molecule has 2 aromatic rings. The van der Waals surface area contributed by atoms with E-state index in [2.05, 4.69) is 15.1 Å². The second kappa shape index (κ2) is 7.13. The van der Waals surface area contributed by atoms with Crippen molar-refractivity contribution in [3.8, 4) is 0 Å². The third kappa shape index (κ3) is 3.90. The normalized spacial score (nSPS) is 16.2. The van der Waals surface area contributed by atoms with Gasteiger partial charge in [0.25, 0.3) is 0 Å². The fourth-order valence-electron chi connectivity index (χ4n) is 2.47. The summed E-state index contributed by atoms with van der Waals surface area (Å²) in [6, 6.07) is 5.62. The Morgan fingerprint density at radius 2 is 2.00 bits per heavy atom. The Morgan fingerprint density at radius 1 is 1.23 bits per heavy atom. The molecule has 3 rings (SSSR count). The van der Waals surface area contributed by atoms with Crippen LogP contribution in [0.1, 0.15) is 23.4 Å². The van der Waals surface area contributed by atoms with E-state index in [9.17, 15) is 0 Å². The molecule has 0 bridgehead atoms. The number of benzene rings is 1. The minimum Gasteiger partial charge on any atom is -0.373 e. The van der Waals surface area contributed by atoms with Gasteiger partial charge in [-0.2, -0.15) is 0 Å². The Balaban J connectivity index is 1.48. The van der Waals surface area contributed by atoms with Crippen molar-refractivity contribution in [1.29, 1.82) is 0 Å². The first-order valence-electron chi connectivity index (χ1n) is 7.22. The Labute approximate surface area is 144 Å². The molecular formula is C15H17Cl2N3OS. The lowest BCUT2D eigenvalue weighted by atomic mass is 10.1. The van der Waals surface area contributed by atoms with E-state index in [0.717, 1.165) is 41.6 Å². The van der Waals surface area contributed by atoms with Crippen LogP contribution in [0.15, 0.2) is 18.2 Å². The maximum atomic E-state index is 6.02. The molecule has 1 aromatic heterocycles. The van der Waals surface area contributed by atoms with Gasteiger partial charge in [0.1, 0.15) is 5.01 Å². The van der Waals surface area contributed by atoms with E-state index in [1.54, 1.807) is 11.3 Å². The van der Waals surface area contributed by atoms with Gasteiger partial charge in [-0.05, 0) is 37.5 Å². The van der Waals surface area contributed by atoms with Crippen molar-refractivity contribution in [2.24, 2.45) is 0 Å². The second-order valence-electron chi connectivity index (χ2n) is 5.35. The summed E-state index contributed by atoms with van der Waals surface area (Å²) >= 11 is 13.6. The van der Waals surface area contributed by atoms with Crippen LogP contribution in [0, 0.1) is 6.92 Å². The highest BCUT2D eigenvalue weighted by Gasteiger charge is 2.22. The highest BCUT2D eigenvalue weighted by atomic mass is 35.5. The molecule has 0 aliphatic carbocycles. The quantitative estimate of drug-likeness (QED) is 0.815. The first-order chi connectivity index (χ1) is 10.6. The average molecular weight is 358 g/mol. The van der Waals surface area contributed by atoms with E-state index in [1.807, 2.05) is 25.1 Å². The lowest BCUT2D eigenvalue weighted by molar-refractivity contribution is 0.0251. The minimum absolute atomic E-state index is 0.278. The van der Waals surface area contributed by atoms with E-state index in [1.165, 1.54) is 0 Å². The SMILES string of the molecule is Cc1nnc(N2CCC(OCc3ccc(Cl)c(Cl)c3)CC2)s1. The van der Waals surface area contributed by atoms with Gasteiger partial charge in [0, 0.05) is 13.1 Å². The molecule has 0 spiro atoms. The molecule has 1 aliphatic rings. The molecule has 0 radical (unpaired) electrons. The number of ether oxygens (including phenoxy) is 1. The second-order valence-corrected chi connectivity index (χ2v) is 7.32. The van der Waals surface area contributed by atoms with Gasteiger partial charge in [-0.3, -0.25) is 0 Å². The molecule has 1 aliphatic heterocycles. The van der Waals surface area contributed by atoms with Crippen LogP contribution in [0.2, 0.25) is 10.0 Å². The first kappa shape index (κ1) is 16.0. The number of piperidine rings is 1. The number of aromatic nitrogens is 2. The molecule has 2 heterocycles. The molecule has 0 atom stereocenters. The van der Waals surface area contributed by atoms with Crippen LogP contribution >= 0.6 is 34.5 Å². The summed E-state index contributed by atoms with van der Waals surface area (Å²) in [4.78, 5) is 2.28. The number of nitrogens with zero attached hydrogens (tertiary/aromatic N) is 3. The van der Waals surface area contributed by atoms with Gasteiger partial charge in [0.05, 0.1) is 22.8 Å². The van der Waals surface area contributed by atoms with Gasteiger partial charge in [-0.25, -0.2) is 0 Å². The fourth-order valence-corrected chi connectivity index (χ4v) is 3.53. The van der Waals surface area contributed by atoms with Crippen LogP contribution in [0.4, 0.5) is 5.13 Å². The van der Waals surface area contributed by atoms with Gasteiger partial charge in [-0.15, -0.1) is 10.2 Å². The van der Waals surface area contributed by atoms with Gasteiger partial charge >= 0.3 is 0 Å². The predicted octanol–water partition coefficient (Wildman–Crippen LogP) is 4.34. The summed E-state index contributed by atoms with van der Waals surface area (Å²) < 4.78 is 5.99. The average Bonchev–Trinajstić information content (AvgIpc) is 2.95. The number of halogens is 2. The minimum atomic E-state index is 0.278. The standard InChI is InChI=1S/C15H17Cl2N3OS/c1-10-18-19-15(22-10)20-6-4-12(5-7-20)21-9-11-2-3-13(16)14(17)8-11/h2-3,8,12H,4-7,9H2,1H3. The van der Waals surface area contributed by atoms with Crippen molar-refractivity contribution >= 4 is 39.7 Å². The van der Waals surface area contributed by atoms with Gasteiger partial charge in [-0.1, -0.05) is 40.6 Å². The zero-order valence-electron chi connectivity index (χ0n) is 12.3. The van der Waals surface area contributed by atoms with E-state index in [0.29, 0.717) is 16.7 Å². The highest BCUT2D eigenvalue weighted by molar-refractivity contribution is 7.15. The van der Waals surface area contributed by atoms with Gasteiger partial charge in [0.15, 0.2) is 0 Å². The highest BCUT2D eigenvalue weighted by Crippen LogP contribution is 2.26. The van der Waals surface area contributed by atoms with Crippen molar-refractivity contribution in [2.45, 2.75) is 32.5 Å². The van der Waals surface area contributed by atoms with Crippen molar-refractivity contribution in [3.05, 3.63) is 38.8 Å². The summed E-state index contributed by atoms with van der Waals surface area (Å²) in [7, 11) is 0. The van der Waals surface area contributed by atoms with Crippen molar-refractivity contribution in [2.75, 3.05) is 18.0 Å². The molecule has 1 fully saturated rings. The van der Waals surface area contributed by atoms with Crippen LogP contribution in [-0.2, 0) is 11.3 Å². The van der Waals surface area contributed by atoms with Crippen LogP contribution in [0.25, 0.3) is 0 Å². The molecule has 7 heteroatoms. The molecular weight excluding hydrogens is 341 g/mol. The summed E-state index contributed by atoms with van der Waals surface area (Å²) in [5, 5.41) is 11.4. The Kier molecular flexibility index (Phi) is 5.18. The molecule has 0 N–H and O–H groups in total. The summed E-state index contributed by atoms with van der Waals surface area (Å²) in [6.07, 6.45) is 2.28. The van der Waals surface area contributed by atoms with Crippen molar-refractivity contribution in [1.82, 2.24) is 10.2 Å². The molecule has 1 saturated heterocycles. The predicted molar refractivity (Wildman–Crippen MR) is 91.1 cm³/mol. The molecule has 0 amide bonds. The van der Waals surface area contributed by atoms with Crippen LogP contribution < -0.4 is 4.90 Å². The third-order valence-corrected chi connectivity index (χ3v) is 5.34. The molecule has 22 heavy (non-hydrogen) atoms. The number of aryl methyl sites for hydroxylation is 1.